The molecule has 170 valence electrons. The van der Waals surface area contributed by atoms with Crippen LogP contribution in [0.25, 0.3) is 0 Å². The molecule has 1 aliphatic rings. The predicted octanol–water partition coefficient (Wildman–Crippen LogP) is 3.21. The van der Waals surface area contributed by atoms with E-state index in [1.807, 2.05) is 6.92 Å². The molecular weight excluding hydrogens is 449 g/mol. The molecule has 0 radical (unpaired) electrons. The molecule has 33 heavy (non-hydrogen) atoms. The number of nitrogens with zero attached hydrogens (tertiary/aromatic N) is 2. The summed E-state index contributed by atoms with van der Waals surface area (Å²) in [6, 6.07) is 16.2. The van der Waals surface area contributed by atoms with Gasteiger partial charge < -0.3 is 9.47 Å². The zero-order valence-electron chi connectivity index (χ0n) is 17.6. The molecule has 0 bridgehead atoms. The topological polar surface area (TPSA) is 97.3 Å². The van der Waals surface area contributed by atoms with Crippen molar-refractivity contribution in [2.24, 2.45) is 5.10 Å². The van der Waals surface area contributed by atoms with Crippen molar-refractivity contribution in [2.75, 3.05) is 17.6 Å². The minimum atomic E-state index is -4.14. The first kappa shape index (κ1) is 22.3. The number of hydrogen-bond acceptors (Lipinski definition) is 6. The lowest BCUT2D eigenvalue weighted by atomic mass is 10.2. The fraction of sp³-hybridized carbons (Fsp3) is 0.130. The van der Waals surface area contributed by atoms with Crippen LogP contribution in [0.4, 0.5) is 10.1 Å². The highest BCUT2D eigenvalue weighted by Crippen LogP contribution is 2.32. The van der Waals surface area contributed by atoms with Gasteiger partial charge in [-0.15, -0.1) is 0 Å². The van der Waals surface area contributed by atoms with Crippen molar-refractivity contribution < 1.29 is 27.1 Å². The number of anilines is 1. The van der Waals surface area contributed by atoms with Gasteiger partial charge in [-0.25, -0.2) is 18.2 Å². The van der Waals surface area contributed by atoms with E-state index in [9.17, 15) is 17.6 Å². The number of rotatable bonds is 7. The summed E-state index contributed by atoms with van der Waals surface area (Å²) in [5.41, 5.74) is 4.21. The standard InChI is InChI=1S/C23H20FN3O5S/c1-16-2-7-19(8-3-16)27(33(29,30)20-9-5-18(24)6-10-20)14-23(28)26-25-13-17-4-11-21-22(12-17)32-15-31-21/h2-13H,14-15H2,1H3,(H,26,28). The Morgan fingerprint density at radius 2 is 1.76 bits per heavy atom. The molecule has 0 aliphatic carbocycles. The summed E-state index contributed by atoms with van der Waals surface area (Å²) in [5, 5.41) is 3.90. The van der Waals surface area contributed by atoms with Gasteiger partial charge in [0.05, 0.1) is 16.8 Å². The molecule has 0 saturated carbocycles. The molecule has 0 spiro atoms. The van der Waals surface area contributed by atoms with Crippen LogP contribution in [-0.2, 0) is 14.8 Å². The number of aryl methyl sites for hydroxylation is 1. The van der Waals surface area contributed by atoms with Crippen LogP contribution in [0, 0.1) is 12.7 Å². The van der Waals surface area contributed by atoms with E-state index in [1.54, 1.807) is 42.5 Å². The van der Waals surface area contributed by atoms with E-state index in [4.69, 9.17) is 9.47 Å². The van der Waals surface area contributed by atoms with Gasteiger partial charge >= 0.3 is 0 Å². The second-order valence-electron chi connectivity index (χ2n) is 7.21. The molecular formula is C23H20FN3O5S. The third-order valence-electron chi connectivity index (χ3n) is 4.81. The van der Waals surface area contributed by atoms with E-state index in [0.717, 1.165) is 34.1 Å². The van der Waals surface area contributed by atoms with Gasteiger partial charge in [-0.05, 0) is 67.1 Å². The van der Waals surface area contributed by atoms with Crippen LogP contribution in [0.15, 0.2) is 76.7 Å². The van der Waals surface area contributed by atoms with E-state index >= 15 is 0 Å². The summed E-state index contributed by atoms with van der Waals surface area (Å²) >= 11 is 0. The van der Waals surface area contributed by atoms with E-state index < -0.39 is 28.3 Å². The van der Waals surface area contributed by atoms with Crippen molar-refractivity contribution in [2.45, 2.75) is 11.8 Å². The van der Waals surface area contributed by atoms with Gasteiger partial charge in [0.2, 0.25) is 6.79 Å². The predicted molar refractivity (Wildman–Crippen MR) is 120 cm³/mol. The van der Waals surface area contributed by atoms with Crippen LogP contribution in [0.1, 0.15) is 11.1 Å². The number of carbonyl (C=O) groups excluding carboxylic acids is 1. The Morgan fingerprint density at radius 3 is 2.48 bits per heavy atom. The van der Waals surface area contributed by atoms with Crippen molar-refractivity contribution in [3.63, 3.8) is 0 Å². The number of ether oxygens (including phenoxy) is 2. The van der Waals surface area contributed by atoms with Crippen molar-refractivity contribution in [3.8, 4) is 11.5 Å². The van der Waals surface area contributed by atoms with Crippen molar-refractivity contribution in [3.05, 3.63) is 83.7 Å². The average molecular weight is 469 g/mol. The molecule has 1 N–H and O–H groups in total. The normalized spacial score (nSPS) is 12.7. The number of fused-ring (bicyclic) bond motifs is 1. The summed E-state index contributed by atoms with van der Waals surface area (Å²) in [5.74, 6) is -0.0261. The molecule has 3 aromatic carbocycles. The van der Waals surface area contributed by atoms with Gasteiger partial charge in [-0.2, -0.15) is 5.10 Å². The van der Waals surface area contributed by atoms with E-state index in [1.165, 1.54) is 6.21 Å². The Balaban J connectivity index is 1.52. The molecule has 0 unspecified atom stereocenters. The maximum absolute atomic E-state index is 13.3. The molecule has 1 heterocycles. The minimum absolute atomic E-state index is 0.138. The summed E-state index contributed by atoms with van der Waals surface area (Å²) in [6.45, 7) is 1.48. The summed E-state index contributed by atoms with van der Waals surface area (Å²) in [4.78, 5) is 12.4. The highest BCUT2D eigenvalue weighted by atomic mass is 32.2. The number of hydrogen-bond donors (Lipinski definition) is 1. The lowest BCUT2D eigenvalue weighted by Gasteiger charge is -2.23. The zero-order valence-corrected chi connectivity index (χ0v) is 18.4. The smallest absolute Gasteiger partial charge is 0.264 e. The van der Waals surface area contributed by atoms with E-state index in [2.05, 4.69) is 10.5 Å². The lowest BCUT2D eigenvalue weighted by Crippen LogP contribution is -2.39. The largest absolute Gasteiger partial charge is 0.454 e. The van der Waals surface area contributed by atoms with Gasteiger partial charge in [0.1, 0.15) is 12.4 Å². The van der Waals surface area contributed by atoms with Gasteiger partial charge in [-0.1, -0.05) is 17.7 Å². The van der Waals surface area contributed by atoms with Crippen LogP contribution in [0.2, 0.25) is 0 Å². The van der Waals surface area contributed by atoms with E-state index in [-0.39, 0.29) is 11.7 Å². The zero-order chi connectivity index (χ0) is 23.4. The monoisotopic (exact) mass is 469 g/mol. The Bertz CT molecular complexity index is 1290. The second kappa shape index (κ2) is 9.29. The highest BCUT2D eigenvalue weighted by Gasteiger charge is 2.27. The number of amides is 1. The molecule has 0 aromatic heterocycles. The number of nitrogens with one attached hydrogen (secondary N) is 1. The fourth-order valence-electron chi connectivity index (χ4n) is 3.10. The second-order valence-corrected chi connectivity index (χ2v) is 9.07. The van der Waals surface area contributed by atoms with E-state index in [0.29, 0.717) is 22.7 Å². The Hall–Kier alpha value is -3.92. The van der Waals surface area contributed by atoms with Crippen LogP contribution < -0.4 is 19.2 Å². The first-order chi connectivity index (χ1) is 15.8. The first-order valence-corrected chi connectivity index (χ1v) is 11.3. The molecule has 0 fully saturated rings. The fourth-order valence-corrected chi connectivity index (χ4v) is 4.52. The maximum Gasteiger partial charge on any atom is 0.264 e. The summed E-state index contributed by atoms with van der Waals surface area (Å²) in [6.07, 6.45) is 1.41. The van der Waals surface area contributed by atoms with Crippen molar-refractivity contribution >= 4 is 27.8 Å². The molecule has 4 rings (SSSR count). The van der Waals surface area contributed by atoms with Gasteiger partial charge in [0.15, 0.2) is 11.5 Å². The Labute approximate surface area is 190 Å². The quantitative estimate of drug-likeness (QED) is 0.423. The van der Waals surface area contributed by atoms with Gasteiger partial charge in [0, 0.05) is 0 Å². The molecule has 8 nitrogen and oxygen atoms in total. The third kappa shape index (κ3) is 5.12. The molecule has 1 amide bonds. The highest BCUT2D eigenvalue weighted by molar-refractivity contribution is 7.92. The number of hydrazone groups is 1. The maximum atomic E-state index is 13.3. The third-order valence-corrected chi connectivity index (χ3v) is 6.60. The summed E-state index contributed by atoms with van der Waals surface area (Å²) < 4.78 is 51.2. The Morgan fingerprint density at radius 1 is 1.06 bits per heavy atom. The number of halogens is 1. The number of benzene rings is 3. The lowest BCUT2D eigenvalue weighted by molar-refractivity contribution is -0.119. The Kier molecular flexibility index (Phi) is 6.27. The molecule has 10 heteroatoms. The van der Waals surface area contributed by atoms with Gasteiger partial charge in [-0.3, -0.25) is 9.10 Å². The average Bonchev–Trinajstić information content (AvgIpc) is 3.26. The molecule has 0 saturated heterocycles. The molecule has 3 aromatic rings. The number of carbonyl (C=O) groups is 1. The van der Waals surface area contributed by atoms with Crippen LogP contribution in [0.3, 0.4) is 0 Å². The molecule has 0 atom stereocenters. The SMILES string of the molecule is Cc1ccc(N(CC(=O)NN=Cc2ccc3c(c2)OCO3)S(=O)(=O)c2ccc(F)cc2)cc1. The first-order valence-electron chi connectivity index (χ1n) is 9.89. The van der Waals surface area contributed by atoms with Crippen LogP contribution in [-0.4, -0.2) is 33.9 Å². The van der Waals surface area contributed by atoms with Gasteiger partial charge in [0.25, 0.3) is 15.9 Å². The van der Waals surface area contributed by atoms with Crippen molar-refractivity contribution in [1.82, 2.24) is 5.43 Å². The molecule has 1 aliphatic heterocycles. The number of sulfonamides is 1. The van der Waals surface area contributed by atoms with Crippen molar-refractivity contribution in [1.29, 1.82) is 0 Å². The minimum Gasteiger partial charge on any atom is -0.454 e. The van der Waals surface area contributed by atoms with Crippen LogP contribution in [0.5, 0.6) is 11.5 Å². The van der Waals surface area contributed by atoms with Crippen LogP contribution >= 0.6 is 0 Å². The summed E-state index contributed by atoms with van der Waals surface area (Å²) in [7, 11) is -4.14.